The van der Waals surface area contributed by atoms with Crippen LogP contribution in [0.15, 0.2) is 41.3 Å². The highest BCUT2D eigenvalue weighted by Gasteiger charge is 2.38. The van der Waals surface area contributed by atoms with E-state index in [-0.39, 0.29) is 10.6 Å². The monoisotopic (exact) mass is 552 g/mol. The molecule has 0 fully saturated rings. The fourth-order valence-corrected chi connectivity index (χ4v) is 3.69. The number of halogens is 7. The van der Waals surface area contributed by atoms with Gasteiger partial charge in [-0.15, -0.1) is 10.2 Å². The maximum Gasteiger partial charge on any atom is 0.435 e. The highest BCUT2D eigenvalue weighted by atomic mass is 32.2. The molecule has 0 bridgehead atoms. The molecule has 0 aliphatic carbocycles. The molecule has 2 aromatic carbocycles. The molecule has 3 aromatic rings. The Bertz CT molecular complexity index is 1460. The molecule has 16 heteroatoms. The van der Waals surface area contributed by atoms with Gasteiger partial charge in [-0.3, -0.25) is 4.79 Å². The number of nitrogens with one attached hydrogen (secondary N) is 2. The van der Waals surface area contributed by atoms with Crippen molar-refractivity contribution in [3.8, 4) is 17.4 Å². The first-order valence-corrected chi connectivity index (χ1v) is 11.8. The summed E-state index contributed by atoms with van der Waals surface area (Å²) in [5.41, 5.74) is -3.30. The number of anilines is 1. The first kappa shape index (κ1) is 27.6. The smallest absolute Gasteiger partial charge is 0.434 e. The third-order valence-electron chi connectivity index (χ3n) is 4.66. The van der Waals surface area contributed by atoms with Gasteiger partial charge in [0.05, 0.1) is 9.73 Å². The van der Waals surface area contributed by atoms with Gasteiger partial charge in [0.2, 0.25) is 11.6 Å². The minimum Gasteiger partial charge on any atom is -0.434 e. The summed E-state index contributed by atoms with van der Waals surface area (Å²) in [5, 5.41) is 8.40. The molecule has 0 unspecified atom stereocenters. The Morgan fingerprint density at radius 2 is 1.70 bits per heavy atom. The zero-order valence-corrected chi connectivity index (χ0v) is 19.4. The third-order valence-corrected chi connectivity index (χ3v) is 5.81. The summed E-state index contributed by atoms with van der Waals surface area (Å²) >= 11 is 0. The van der Waals surface area contributed by atoms with E-state index in [1.165, 1.54) is 18.2 Å². The van der Waals surface area contributed by atoms with Crippen LogP contribution >= 0.6 is 0 Å². The second-order valence-electron chi connectivity index (χ2n) is 7.35. The van der Waals surface area contributed by atoms with Crippen molar-refractivity contribution in [2.24, 2.45) is 0 Å². The Balaban J connectivity index is 2.08. The van der Waals surface area contributed by atoms with Crippen molar-refractivity contribution in [2.75, 3.05) is 11.6 Å². The number of ether oxygens (including phenoxy) is 2. The van der Waals surface area contributed by atoms with Crippen LogP contribution in [0.4, 0.5) is 36.4 Å². The van der Waals surface area contributed by atoms with Crippen molar-refractivity contribution >= 4 is 21.3 Å². The largest absolute Gasteiger partial charge is 0.435 e. The van der Waals surface area contributed by atoms with Gasteiger partial charge < -0.3 is 14.8 Å². The van der Waals surface area contributed by atoms with Crippen LogP contribution in [0.25, 0.3) is 0 Å². The Hall–Kier alpha value is -3.95. The summed E-state index contributed by atoms with van der Waals surface area (Å²) in [6, 6.07) is 6.30. The van der Waals surface area contributed by atoms with E-state index in [9.17, 15) is 39.7 Å². The number of hydrogen-bond acceptors (Lipinski definition) is 7. The van der Waals surface area contributed by atoms with Gasteiger partial charge in [-0.2, -0.15) is 30.7 Å². The zero-order valence-electron chi connectivity index (χ0n) is 18.6. The van der Waals surface area contributed by atoms with Crippen molar-refractivity contribution in [1.82, 2.24) is 10.2 Å². The maximum atomic E-state index is 14.4. The number of carbonyl (C=O) groups excluding carboxylic acids is 1. The lowest BCUT2D eigenvalue weighted by Gasteiger charge is -2.16. The summed E-state index contributed by atoms with van der Waals surface area (Å²) in [4.78, 5) is 13.0. The third kappa shape index (κ3) is 6.25. The van der Waals surface area contributed by atoms with Crippen LogP contribution in [0.1, 0.15) is 21.6 Å². The van der Waals surface area contributed by atoms with Crippen LogP contribution < -0.4 is 14.8 Å². The van der Waals surface area contributed by atoms with Crippen molar-refractivity contribution < 1.29 is 49.2 Å². The van der Waals surface area contributed by atoms with Crippen LogP contribution in [-0.4, -0.2) is 33.2 Å². The highest BCUT2D eigenvalue weighted by Crippen LogP contribution is 2.37. The molecule has 1 atom stereocenters. The van der Waals surface area contributed by atoms with Crippen molar-refractivity contribution in [3.63, 3.8) is 0 Å². The molecular formula is C21H15F7N4O4S. The van der Waals surface area contributed by atoms with Crippen LogP contribution in [0.5, 0.6) is 17.4 Å². The minimum atomic E-state index is -5.06. The normalized spacial score (nSPS) is 13.2. The first-order chi connectivity index (χ1) is 17.1. The molecule has 0 saturated heterocycles. The molecule has 1 amide bonds. The number of alkyl halides is 5. The van der Waals surface area contributed by atoms with E-state index in [1.807, 2.05) is 0 Å². The van der Waals surface area contributed by atoms with Gasteiger partial charge in [-0.05, 0) is 42.8 Å². The molecule has 37 heavy (non-hydrogen) atoms. The number of hydrogen-bond donors (Lipinski definition) is 2. The fourth-order valence-electron chi connectivity index (χ4n) is 3.00. The second-order valence-corrected chi connectivity index (χ2v) is 9.51. The van der Waals surface area contributed by atoms with E-state index in [1.54, 1.807) is 0 Å². The average Bonchev–Trinajstić information content (AvgIpc) is 2.77. The topological polar surface area (TPSA) is 114 Å². The number of carbonyl (C=O) groups is 1. The van der Waals surface area contributed by atoms with E-state index >= 15 is 0 Å². The molecule has 0 aliphatic heterocycles. The predicted molar refractivity (Wildman–Crippen MR) is 114 cm³/mol. The standard InChI is InChI=1S/C21H15F7N4O4S/c1-9-14(18(33)30-10-4-3-5-11(8-10)37(2,29)34)19(32-31-17(9)21(26,27)28)35-12-6-7-13(36-20(24)25)16(23)15(12)22/h3-8,20,29H,1-2H3,(H,30,33)/t37-/m1/s1. The van der Waals surface area contributed by atoms with Gasteiger partial charge in [0.1, 0.15) is 5.56 Å². The lowest BCUT2D eigenvalue weighted by Crippen LogP contribution is -2.21. The average molecular weight is 552 g/mol. The number of benzene rings is 2. The summed E-state index contributed by atoms with van der Waals surface area (Å²) in [6.45, 7) is -2.62. The summed E-state index contributed by atoms with van der Waals surface area (Å²) < 4.78 is 122. The zero-order chi connectivity index (χ0) is 27.7. The van der Waals surface area contributed by atoms with Gasteiger partial charge >= 0.3 is 12.8 Å². The Kier molecular flexibility index (Phi) is 7.62. The van der Waals surface area contributed by atoms with Gasteiger partial charge in [-0.25, -0.2) is 8.99 Å². The van der Waals surface area contributed by atoms with E-state index in [4.69, 9.17) is 9.52 Å². The van der Waals surface area contributed by atoms with Crippen LogP contribution in [-0.2, 0) is 15.9 Å². The molecule has 0 radical (unpaired) electrons. The van der Waals surface area contributed by atoms with E-state index in [2.05, 4.69) is 20.3 Å². The molecule has 0 aliphatic rings. The molecule has 198 valence electrons. The van der Waals surface area contributed by atoms with E-state index in [0.29, 0.717) is 12.1 Å². The minimum absolute atomic E-state index is 0.00554. The molecule has 2 N–H and O–H groups in total. The molecule has 1 heterocycles. The van der Waals surface area contributed by atoms with Gasteiger partial charge in [-0.1, -0.05) is 6.07 Å². The Morgan fingerprint density at radius 3 is 2.30 bits per heavy atom. The van der Waals surface area contributed by atoms with Gasteiger partial charge in [0, 0.05) is 16.8 Å². The van der Waals surface area contributed by atoms with Crippen LogP contribution in [0.3, 0.4) is 0 Å². The van der Waals surface area contributed by atoms with Gasteiger partial charge in [0.25, 0.3) is 11.8 Å². The maximum absolute atomic E-state index is 14.4. The molecular weight excluding hydrogens is 537 g/mol. The molecule has 3 rings (SSSR count). The lowest BCUT2D eigenvalue weighted by molar-refractivity contribution is -0.142. The predicted octanol–water partition coefficient (Wildman–Crippen LogP) is 5.76. The number of amides is 1. The summed E-state index contributed by atoms with van der Waals surface area (Å²) in [7, 11) is -3.21. The number of aromatic nitrogens is 2. The number of nitrogens with zero attached hydrogens (tertiary/aromatic N) is 2. The van der Waals surface area contributed by atoms with Crippen LogP contribution in [0, 0.1) is 23.3 Å². The summed E-state index contributed by atoms with van der Waals surface area (Å²) in [6.07, 6.45) is -3.95. The first-order valence-electron chi connectivity index (χ1n) is 9.80. The van der Waals surface area contributed by atoms with Crippen LogP contribution in [0.2, 0.25) is 0 Å². The Labute approximate surface area is 204 Å². The molecule has 1 aromatic heterocycles. The second kappa shape index (κ2) is 10.2. The van der Waals surface area contributed by atoms with Crippen molar-refractivity contribution in [1.29, 1.82) is 4.78 Å². The van der Waals surface area contributed by atoms with Crippen molar-refractivity contribution in [3.05, 3.63) is 64.9 Å². The van der Waals surface area contributed by atoms with Crippen molar-refractivity contribution in [2.45, 2.75) is 24.6 Å². The molecule has 0 spiro atoms. The molecule has 8 nitrogen and oxygen atoms in total. The van der Waals surface area contributed by atoms with E-state index < -0.39 is 74.3 Å². The highest BCUT2D eigenvalue weighted by molar-refractivity contribution is 7.91. The number of rotatable bonds is 7. The van der Waals surface area contributed by atoms with Gasteiger partial charge in [0.15, 0.2) is 17.2 Å². The summed E-state index contributed by atoms with van der Waals surface area (Å²) in [5.74, 6) is -8.17. The SMILES string of the molecule is Cc1c(C(F)(F)F)nnc(Oc2ccc(OC(F)F)c(F)c2F)c1C(=O)Nc1cccc([S@](C)(=N)=O)c1. The Morgan fingerprint density at radius 1 is 1.08 bits per heavy atom. The lowest BCUT2D eigenvalue weighted by atomic mass is 10.1. The quantitative estimate of drug-likeness (QED) is 0.360. The van der Waals surface area contributed by atoms with E-state index in [0.717, 1.165) is 19.2 Å². The fraction of sp³-hybridized carbons (Fsp3) is 0.190. The molecule has 0 saturated carbocycles.